The van der Waals surface area contributed by atoms with Crippen LogP contribution in [0.2, 0.25) is 0 Å². The second kappa shape index (κ2) is 9.17. The number of hydrogen-bond donors (Lipinski definition) is 0. The van der Waals surface area contributed by atoms with E-state index in [4.69, 9.17) is 23.7 Å². The summed E-state index contributed by atoms with van der Waals surface area (Å²) in [5.74, 6) is 1.74. The van der Waals surface area contributed by atoms with Crippen molar-refractivity contribution in [3.8, 4) is 28.7 Å². The van der Waals surface area contributed by atoms with Crippen molar-refractivity contribution >= 4 is 16.7 Å². The van der Waals surface area contributed by atoms with Crippen LogP contribution in [0.15, 0.2) is 18.2 Å². The Kier molecular flexibility index (Phi) is 6.95. The summed E-state index contributed by atoms with van der Waals surface area (Å²) < 4.78 is 28.2. The van der Waals surface area contributed by atoms with Crippen molar-refractivity contribution in [2.75, 3.05) is 27.9 Å². The molecule has 0 heterocycles. The maximum absolute atomic E-state index is 12.0. The van der Waals surface area contributed by atoms with Crippen molar-refractivity contribution in [2.45, 2.75) is 33.1 Å². The van der Waals surface area contributed by atoms with Crippen molar-refractivity contribution < 1.29 is 28.5 Å². The van der Waals surface area contributed by atoms with E-state index in [2.05, 4.69) is 6.92 Å². The highest BCUT2D eigenvalue weighted by atomic mass is 16.6. The van der Waals surface area contributed by atoms with Gasteiger partial charge in [-0.25, -0.2) is 0 Å². The van der Waals surface area contributed by atoms with E-state index in [1.807, 2.05) is 18.2 Å². The van der Waals surface area contributed by atoms with E-state index in [1.165, 1.54) is 14.2 Å². The average molecular weight is 362 g/mol. The summed E-state index contributed by atoms with van der Waals surface area (Å²) in [6.45, 7) is 4.35. The van der Waals surface area contributed by atoms with Crippen LogP contribution in [-0.4, -0.2) is 33.9 Å². The molecule has 6 heteroatoms. The van der Waals surface area contributed by atoms with E-state index in [9.17, 15) is 4.79 Å². The van der Waals surface area contributed by atoms with Crippen LogP contribution < -0.4 is 23.7 Å². The molecule has 0 fully saturated rings. The molecule has 6 nitrogen and oxygen atoms in total. The van der Waals surface area contributed by atoms with Gasteiger partial charge in [0, 0.05) is 11.8 Å². The van der Waals surface area contributed by atoms with Crippen LogP contribution in [0.4, 0.5) is 0 Å². The minimum absolute atomic E-state index is 0.242. The molecule has 0 aliphatic carbocycles. The maximum atomic E-state index is 12.0. The van der Waals surface area contributed by atoms with Gasteiger partial charge < -0.3 is 23.7 Å². The fourth-order valence-corrected chi connectivity index (χ4v) is 2.68. The molecule has 2 rings (SSSR count). The van der Waals surface area contributed by atoms with Gasteiger partial charge in [0.05, 0.1) is 33.3 Å². The van der Waals surface area contributed by atoms with Crippen molar-refractivity contribution in [3.63, 3.8) is 0 Å². The number of hydrogen-bond acceptors (Lipinski definition) is 6. The SMILES string of the molecule is CCCCOc1c(OC)c(OC)c(OC(=O)CC)c2cccc(OC)c12. The first-order valence-electron chi connectivity index (χ1n) is 8.70. The molecule has 2 aromatic carbocycles. The third-order valence-corrected chi connectivity index (χ3v) is 3.99. The Labute approximate surface area is 153 Å². The van der Waals surface area contributed by atoms with Gasteiger partial charge in [0.15, 0.2) is 11.5 Å². The van der Waals surface area contributed by atoms with E-state index >= 15 is 0 Å². The van der Waals surface area contributed by atoms with Gasteiger partial charge in [-0.05, 0) is 12.5 Å². The standard InChI is InChI=1S/C20H26O6/c1-6-8-12-25-18-16-13(10-9-11-14(16)22-3)17(26-15(21)7-2)19(23-4)20(18)24-5/h9-11H,6-8,12H2,1-5H3. The van der Waals surface area contributed by atoms with Gasteiger partial charge in [0.25, 0.3) is 0 Å². The van der Waals surface area contributed by atoms with Crippen LogP contribution in [0.5, 0.6) is 28.7 Å². The van der Waals surface area contributed by atoms with Gasteiger partial charge in [0.1, 0.15) is 5.75 Å². The number of fused-ring (bicyclic) bond motifs is 1. The molecular formula is C20H26O6. The van der Waals surface area contributed by atoms with Crippen LogP contribution in [0.1, 0.15) is 33.1 Å². The van der Waals surface area contributed by atoms with Gasteiger partial charge in [-0.2, -0.15) is 0 Å². The predicted molar refractivity (Wildman–Crippen MR) is 99.9 cm³/mol. The van der Waals surface area contributed by atoms with Gasteiger partial charge in [-0.15, -0.1) is 0 Å². The number of methoxy groups -OCH3 is 3. The van der Waals surface area contributed by atoms with Crippen molar-refractivity contribution in [1.29, 1.82) is 0 Å². The number of benzene rings is 2. The molecule has 0 saturated carbocycles. The smallest absolute Gasteiger partial charge is 0.311 e. The summed E-state index contributed by atoms with van der Waals surface area (Å²) in [5.41, 5.74) is 0. The van der Waals surface area contributed by atoms with Crippen molar-refractivity contribution in [2.24, 2.45) is 0 Å². The first kappa shape index (κ1) is 19.7. The van der Waals surface area contributed by atoms with Gasteiger partial charge in [-0.3, -0.25) is 4.79 Å². The number of esters is 1. The summed E-state index contributed by atoms with van der Waals surface area (Å²) in [5, 5.41) is 1.35. The molecule has 0 amide bonds. The number of carbonyl (C=O) groups is 1. The zero-order chi connectivity index (χ0) is 19.1. The molecule has 2 aromatic rings. The van der Waals surface area contributed by atoms with Crippen LogP contribution in [0.25, 0.3) is 10.8 Å². The maximum Gasteiger partial charge on any atom is 0.311 e. The molecule has 0 unspecified atom stereocenters. The monoisotopic (exact) mass is 362 g/mol. The Balaban J connectivity index is 2.82. The first-order chi connectivity index (χ1) is 12.6. The molecule has 0 aliphatic rings. The summed E-state index contributed by atoms with van der Waals surface area (Å²) in [6, 6.07) is 5.49. The van der Waals surface area contributed by atoms with E-state index < -0.39 is 0 Å². The van der Waals surface area contributed by atoms with Crippen LogP contribution in [0.3, 0.4) is 0 Å². The lowest BCUT2D eigenvalue weighted by Crippen LogP contribution is -2.09. The van der Waals surface area contributed by atoms with Gasteiger partial charge in [-0.1, -0.05) is 32.4 Å². The van der Waals surface area contributed by atoms with E-state index in [-0.39, 0.29) is 12.4 Å². The summed E-state index contributed by atoms with van der Waals surface area (Å²) in [7, 11) is 4.61. The van der Waals surface area contributed by atoms with E-state index in [1.54, 1.807) is 14.0 Å². The molecule has 26 heavy (non-hydrogen) atoms. The predicted octanol–water partition coefficient (Wildman–Crippen LogP) is 4.36. The molecule has 0 aliphatic heterocycles. The Bertz CT molecular complexity index is 769. The summed E-state index contributed by atoms with van der Waals surface area (Å²) in [4.78, 5) is 12.0. The second-order valence-electron chi connectivity index (χ2n) is 5.64. The lowest BCUT2D eigenvalue weighted by molar-refractivity contribution is -0.134. The molecule has 142 valence electrons. The van der Waals surface area contributed by atoms with Crippen LogP contribution >= 0.6 is 0 Å². The van der Waals surface area contributed by atoms with Crippen molar-refractivity contribution in [1.82, 2.24) is 0 Å². The lowest BCUT2D eigenvalue weighted by Gasteiger charge is -2.21. The average Bonchev–Trinajstić information content (AvgIpc) is 2.67. The fourth-order valence-electron chi connectivity index (χ4n) is 2.68. The third kappa shape index (κ3) is 3.79. The Morgan fingerprint density at radius 2 is 1.62 bits per heavy atom. The highest BCUT2D eigenvalue weighted by Gasteiger charge is 2.27. The topological polar surface area (TPSA) is 63.2 Å². The van der Waals surface area contributed by atoms with Crippen LogP contribution in [-0.2, 0) is 4.79 Å². The van der Waals surface area contributed by atoms with E-state index in [0.29, 0.717) is 46.1 Å². The highest BCUT2D eigenvalue weighted by Crippen LogP contribution is 2.53. The minimum atomic E-state index is -0.367. The quantitative estimate of drug-likeness (QED) is 0.375. The molecule has 0 spiro atoms. The molecule has 0 N–H and O–H groups in total. The third-order valence-electron chi connectivity index (χ3n) is 3.99. The largest absolute Gasteiger partial charge is 0.496 e. The minimum Gasteiger partial charge on any atom is -0.496 e. The first-order valence-corrected chi connectivity index (χ1v) is 8.70. The van der Waals surface area contributed by atoms with E-state index in [0.717, 1.165) is 12.8 Å². The van der Waals surface area contributed by atoms with Crippen molar-refractivity contribution in [3.05, 3.63) is 18.2 Å². The normalized spacial score (nSPS) is 10.5. The molecule has 0 atom stereocenters. The number of unbranched alkanes of at least 4 members (excludes halogenated alkanes) is 1. The molecule has 0 bridgehead atoms. The zero-order valence-corrected chi connectivity index (χ0v) is 16.0. The second-order valence-corrected chi connectivity index (χ2v) is 5.64. The zero-order valence-electron chi connectivity index (χ0n) is 16.0. The molecule has 0 radical (unpaired) electrons. The Morgan fingerprint density at radius 3 is 2.19 bits per heavy atom. The summed E-state index contributed by atoms with van der Waals surface area (Å²) >= 11 is 0. The number of carbonyl (C=O) groups excluding carboxylic acids is 1. The molecular weight excluding hydrogens is 336 g/mol. The lowest BCUT2D eigenvalue weighted by atomic mass is 10.1. The number of ether oxygens (including phenoxy) is 5. The molecule has 0 aromatic heterocycles. The molecule has 0 saturated heterocycles. The Hall–Kier alpha value is -2.63. The van der Waals surface area contributed by atoms with Gasteiger partial charge in [0.2, 0.25) is 11.5 Å². The van der Waals surface area contributed by atoms with Crippen LogP contribution in [0, 0.1) is 0 Å². The highest BCUT2D eigenvalue weighted by molar-refractivity contribution is 6.03. The van der Waals surface area contributed by atoms with Gasteiger partial charge >= 0.3 is 5.97 Å². The fraction of sp³-hybridized carbons (Fsp3) is 0.450. The summed E-state index contributed by atoms with van der Waals surface area (Å²) in [6.07, 6.45) is 2.14. The Morgan fingerprint density at radius 1 is 0.923 bits per heavy atom. The number of rotatable bonds is 9.